The van der Waals surface area contributed by atoms with Crippen LogP contribution in [0, 0.1) is 0 Å². The molecule has 1 heterocycles. The van der Waals surface area contributed by atoms with Crippen LogP contribution in [0.4, 0.5) is 0 Å². The minimum Gasteiger partial charge on any atom is -0.298 e. The van der Waals surface area contributed by atoms with Crippen LogP contribution in [0.25, 0.3) is 5.70 Å². The quantitative estimate of drug-likeness (QED) is 0.541. The molecule has 1 aromatic rings. The third-order valence-corrected chi connectivity index (χ3v) is 2.21. The molecule has 0 atom stereocenters. The van der Waals surface area contributed by atoms with Crippen LogP contribution in [0.3, 0.4) is 0 Å². The first-order valence-corrected chi connectivity index (χ1v) is 5.25. The van der Waals surface area contributed by atoms with Gasteiger partial charge in [0.1, 0.15) is 0 Å². The van der Waals surface area contributed by atoms with Crippen LogP contribution < -0.4 is 0 Å². The highest BCUT2D eigenvalue weighted by molar-refractivity contribution is 5.77. The van der Waals surface area contributed by atoms with Gasteiger partial charge >= 0.3 is 0 Å². The van der Waals surface area contributed by atoms with E-state index in [9.17, 15) is 4.79 Å². The van der Waals surface area contributed by atoms with E-state index in [0.29, 0.717) is 5.56 Å². The Morgan fingerprint density at radius 3 is 2.94 bits per heavy atom. The lowest BCUT2D eigenvalue weighted by molar-refractivity contribution is 0.112. The summed E-state index contributed by atoms with van der Waals surface area (Å²) in [5, 5.41) is 4.16. The zero-order chi connectivity index (χ0) is 12.0. The summed E-state index contributed by atoms with van der Waals surface area (Å²) in [4.78, 5) is 10.8. The molecule has 0 fully saturated rings. The van der Waals surface area contributed by atoms with Gasteiger partial charge in [-0.2, -0.15) is 5.10 Å². The highest BCUT2D eigenvalue weighted by Gasteiger charge is 2.09. The molecule has 0 aliphatic rings. The number of hydrogen-bond donors (Lipinski definition) is 0. The Kier molecular flexibility index (Phi) is 4.45. The van der Waals surface area contributed by atoms with Crippen LogP contribution in [-0.4, -0.2) is 16.1 Å². The molecule has 1 aromatic heterocycles. The van der Waals surface area contributed by atoms with E-state index >= 15 is 0 Å². The lowest BCUT2D eigenvalue weighted by Gasteiger charge is -2.06. The van der Waals surface area contributed by atoms with Crippen molar-refractivity contribution in [3.05, 3.63) is 48.8 Å². The summed E-state index contributed by atoms with van der Waals surface area (Å²) in [6.07, 6.45) is 9.47. The molecule has 0 saturated heterocycles. The molecule has 0 spiro atoms. The third-order valence-electron chi connectivity index (χ3n) is 2.21. The Labute approximate surface area is 95.8 Å². The summed E-state index contributed by atoms with van der Waals surface area (Å²) in [5.74, 6) is 0. The predicted octanol–water partition coefficient (Wildman–Crippen LogP) is 2.86. The topological polar surface area (TPSA) is 34.9 Å². The third kappa shape index (κ3) is 2.57. The lowest BCUT2D eigenvalue weighted by Crippen LogP contribution is -2.03. The Balaban J connectivity index is 3.07. The summed E-state index contributed by atoms with van der Waals surface area (Å²) in [5.41, 5.74) is 2.28. The monoisotopic (exact) mass is 216 g/mol. The smallest absolute Gasteiger partial charge is 0.153 e. The summed E-state index contributed by atoms with van der Waals surface area (Å²) in [6, 6.07) is 0. The van der Waals surface area contributed by atoms with Crippen molar-refractivity contribution in [3.8, 4) is 0 Å². The fourth-order valence-electron chi connectivity index (χ4n) is 1.47. The molecule has 0 aromatic carbocycles. The van der Waals surface area contributed by atoms with Crippen molar-refractivity contribution >= 4 is 12.0 Å². The van der Waals surface area contributed by atoms with Crippen LogP contribution in [-0.2, 0) is 6.42 Å². The summed E-state index contributed by atoms with van der Waals surface area (Å²) in [7, 11) is 0. The van der Waals surface area contributed by atoms with Crippen molar-refractivity contribution in [1.82, 2.24) is 9.78 Å². The molecule has 0 bridgehead atoms. The Bertz CT molecular complexity index is 427. The molecule has 0 radical (unpaired) electrons. The second kappa shape index (κ2) is 5.85. The van der Waals surface area contributed by atoms with Crippen LogP contribution in [0.5, 0.6) is 0 Å². The molecule has 0 N–H and O–H groups in total. The van der Waals surface area contributed by atoms with Gasteiger partial charge in [-0.15, -0.1) is 0 Å². The van der Waals surface area contributed by atoms with E-state index in [-0.39, 0.29) is 0 Å². The Hall–Kier alpha value is -1.90. The second-order valence-electron chi connectivity index (χ2n) is 3.41. The van der Waals surface area contributed by atoms with E-state index in [1.807, 2.05) is 6.08 Å². The molecule has 1 rings (SSSR count). The maximum atomic E-state index is 10.8. The summed E-state index contributed by atoms with van der Waals surface area (Å²) >= 11 is 0. The molecular weight excluding hydrogens is 200 g/mol. The first kappa shape index (κ1) is 12.2. The fourth-order valence-corrected chi connectivity index (χ4v) is 1.47. The van der Waals surface area contributed by atoms with Gasteiger partial charge in [0.25, 0.3) is 0 Å². The molecule has 0 unspecified atom stereocenters. The number of nitrogens with zero attached hydrogens (tertiary/aromatic N) is 2. The minimum absolute atomic E-state index is 0.634. The average molecular weight is 216 g/mol. The largest absolute Gasteiger partial charge is 0.298 e. The van der Waals surface area contributed by atoms with Gasteiger partial charge in [0, 0.05) is 0 Å². The molecule has 16 heavy (non-hydrogen) atoms. The molecule has 0 amide bonds. The number of aromatic nitrogens is 2. The summed E-state index contributed by atoms with van der Waals surface area (Å²) < 4.78 is 1.70. The van der Waals surface area contributed by atoms with E-state index < -0.39 is 0 Å². The molecular formula is C13H16N2O. The van der Waals surface area contributed by atoms with E-state index in [1.54, 1.807) is 23.0 Å². The molecule has 0 aliphatic heterocycles. The van der Waals surface area contributed by atoms with Crippen molar-refractivity contribution in [2.45, 2.75) is 19.8 Å². The van der Waals surface area contributed by atoms with Crippen molar-refractivity contribution in [2.75, 3.05) is 0 Å². The van der Waals surface area contributed by atoms with Crippen LogP contribution >= 0.6 is 0 Å². The molecule has 0 saturated carbocycles. The zero-order valence-corrected chi connectivity index (χ0v) is 9.52. The predicted molar refractivity (Wildman–Crippen MR) is 66.3 cm³/mol. The first-order valence-electron chi connectivity index (χ1n) is 5.25. The molecule has 0 aliphatic carbocycles. The van der Waals surface area contributed by atoms with E-state index in [0.717, 1.165) is 30.5 Å². The van der Waals surface area contributed by atoms with Gasteiger partial charge in [0.15, 0.2) is 6.29 Å². The van der Waals surface area contributed by atoms with E-state index in [4.69, 9.17) is 0 Å². The lowest BCUT2D eigenvalue weighted by atomic mass is 10.2. The van der Waals surface area contributed by atoms with Gasteiger partial charge in [0.2, 0.25) is 0 Å². The Morgan fingerprint density at radius 2 is 2.38 bits per heavy atom. The number of carbonyl (C=O) groups is 1. The SMILES string of the molecule is C=C/C=C\C(=C)n1ncc(C=O)c1CCC. The maximum absolute atomic E-state index is 10.8. The normalized spacial score (nSPS) is 10.6. The number of aldehydes is 1. The zero-order valence-electron chi connectivity index (χ0n) is 9.52. The van der Waals surface area contributed by atoms with Crippen LogP contribution in [0.2, 0.25) is 0 Å². The molecule has 3 nitrogen and oxygen atoms in total. The van der Waals surface area contributed by atoms with Crippen molar-refractivity contribution in [2.24, 2.45) is 0 Å². The number of carbonyl (C=O) groups excluding carboxylic acids is 1. The maximum Gasteiger partial charge on any atom is 0.153 e. The average Bonchev–Trinajstić information content (AvgIpc) is 2.69. The standard InChI is InChI=1S/C13H16N2O/c1-4-6-8-11(3)15-13(7-5-2)12(10-16)9-14-15/h4,6,8-10H,1,3,5,7H2,2H3/b8-6-. The first-order chi connectivity index (χ1) is 7.74. The van der Waals surface area contributed by atoms with Gasteiger partial charge in [-0.1, -0.05) is 38.7 Å². The molecule has 84 valence electrons. The van der Waals surface area contributed by atoms with Crippen molar-refractivity contribution < 1.29 is 4.79 Å². The summed E-state index contributed by atoms with van der Waals surface area (Å²) in [6.45, 7) is 9.56. The van der Waals surface area contributed by atoms with E-state index in [2.05, 4.69) is 25.2 Å². The molecule has 3 heteroatoms. The highest BCUT2D eigenvalue weighted by Crippen LogP contribution is 2.14. The number of rotatable bonds is 6. The van der Waals surface area contributed by atoms with Gasteiger partial charge in [-0.3, -0.25) is 4.79 Å². The number of allylic oxidation sites excluding steroid dienone is 4. The van der Waals surface area contributed by atoms with Crippen LogP contribution in [0.15, 0.2) is 37.6 Å². The van der Waals surface area contributed by atoms with Gasteiger partial charge in [0.05, 0.1) is 23.2 Å². The van der Waals surface area contributed by atoms with Crippen molar-refractivity contribution in [1.29, 1.82) is 0 Å². The van der Waals surface area contributed by atoms with Gasteiger partial charge in [-0.05, 0) is 12.5 Å². The van der Waals surface area contributed by atoms with Crippen molar-refractivity contribution in [3.63, 3.8) is 0 Å². The second-order valence-corrected chi connectivity index (χ2v) is 3.41. The van der Waals surface area contributed by atoms with Crippen LogP contribution in [0.1, 0.15) is 29.4 Å². The van der Waals surface area contributed by atoms with Gasteiger partial charge < -0.3 is 0 Å². The fraction of sp³-hybridized carbons (Fsp3) is 0.231. The Morgan fingerprint density at radius 1 is 1.62 bits per heavy atom. The number of hydrogen-bond acceptors (Lipinski definition) is 2. The van der Waals surface area contributed by atoms with Gasteiger partial charge in [-0.25, -0.2) is 4.68 Å². The minimum atomic E-state index is 0.634. The van der Waals surface area contributed by atoms with E-state index in [1.165, 1.54) is 0 Å². The highest BCUT2D eigenvalue weighted by atomic mass is 16.1.